The van der Waals surface area contributed by atoms with Crippen molar-refractivity contribution in [2.24, 2.45) is 11.8 Å². The molecule has 1 fully saturated rings. The van der Waals surface area contributed by atoms with E-state index in [0.717, 1.165) is 32.3 Å². The van der Waals surface area contributed by atoms with Gasteiger partial charge < -0.3 is 9.84 Å². The van der Waals surface area contributed by atoms with Crippen molar-refractivity contribution in [1.82, 2.24) is 0 Å². The summed E-state index contributed by atoms with van der Waals surface area (Å²) in [7, 11) is 0. The highest BCUT2D eigenvalue weighted by Crippen LogP contribution is 2.30. The molecule has 120 valence electrons. The van der Waals surface area contributed by atoms with Gasteiger partial charge in [-0.2, -0.15) is 0 Å². The van der Waals surface area contributed by atoms with Crippen LogP contribution in [-0.4, -0.2) is 23.5 Å². The number of carbonyl (C=O) groups is 2. The maximum atomic E-state index is 11.9. The lowest BCUT2D eigenvalue weighted by molar-refractivity contribution is -0.139. The lowest BCUT2D eigenvalue weighted by Crippen LogP contribution is -2.24. The van der Waals surface area contributed by atoms with E-state index in [9.17, 15) is 9.59 Å². The zero-order valence-corrected chi connectivity index (χ0v) is 12.9. The summed E-state index contributed by atoms with van der Waals surface area (Å²) in [5.74, 6) is -0.195. The Labute approximate surface area is 131 Å². The van der Waals surface area contributed by atoms with Gasteiger partial charge in [-0.05, 0) is 37.2 Å². The highest BCUT2D eigenvalue weighted by atomic mass is 16.5. The number of carboxylic acids is 1. The van der Waals surface area contributed by atoms with E-state index in [1.54, 1.807) is 0 Å². The molecule has 0 bridgehead atoms. The van der Waals surface area contributed by atoms with E-state index in [-0.39, 0.29) is 24.5 Å². The molecule has 1 aliphatic carbocycles. The second-order valence-corrected chi connectivity index (χ2v) is 6.08. The number of carboxylic acid groups (broad SMARTS) is 1. The molecule has 1 saturated carbocycles. The minimum absolute atomic E-state index is 0.0427. The van der Waals surface area contributed by atoms with Crippen LogP contribution in [0, 0.1) is 11.8 Å². The third-order valence-electron chi connectivity index (χ3n) is 4.35. The van der Waals surface area contributed by atoms with Crippen LogP contribution in [0.25, 0.3) is 0 Å². The van der Waals surface area contributed by atoms with E-state index in [2.05, 4.69) is 12.1 Å². The molecule has 1 aromatic rings. The molecule has 22 heavy (non-hydrogen) atoms. The SMILES string of the molecule is O=C(O)CCC(=O)C1CCC(COCc2ccccc2)CC1. The van der Waals surface area contributed by atoms with Gasteiger partial charge >= 0.3 is 5.97 Å². The topological polar surface area (TPSA) is 63.6 Å². The first-order valence-corrected chi connectivity index (χ1v) is 8.01. The van der Waals surface area contributed by atoms with Crippen LogP contribution < -0.4 is 0 Å². The summed E-state index contributed by atoms with van der Waals surface area (Å²) in [4.78, 5) is 22.4. The molecule has 0 aliphatic heterocycles. The van der Waals surface area contributed by atoms with Crippen LogP contribution in [0.2, 0.25) is 0 Å². The number of ether oxygens (including phenoxy) is 1. The van der Waals surface area contributed by atoms with Gasteiger partial charge in [-0.15, -0.1) is 0 Å². The minimum atomic E-state index is -0.892. The molecule has 1 N–H and O–H groups in total. The summed E-state index contributed by atoms with van der Waals surface area (Å²) >= 11 is 0. The smallest absolute Gasteiger partial charge is 0.303 e. The summed E-state index contributed by atoms with van der Waals surface area (Å²) < 4.78 is 5.77. The van der Waals surface area contributed by atoms with E-state index in [4.69, 9.17) is 9.84 Å². The Bertz CT molecular complexity index is 475. The maximum Gasteiger partial charge on any atom is 0.303 e. The van der Waals surface area contributed by atoms with E-state index >= 15 is 0 Å². The van der Waals surface area contributed by atoms with Crippen molar-refractivity contribution in [3.05, 3.63) is 35.9 Å². The summed E-state index contributed by atoms with van der Waals surface area (Å²) in [6.07, 6.45) is 3.88. The molecule has 0 unspecified atom stereocenters. The second kappa shape index (κ2) is 8.69. The van der Waals surface area contributed by atoms with Crippen molar-refractivity contribution >= 4 is 11.8 Å². The molecule has 0 heterocycles. The van der Waals surface area contributed by atoms with E-state index < -0.39 is 5.97 Å². The Hall–Kier alpha value is -1.68. The molecule has 0 radical (unpaired) electrons. The molecule has 0 atom stereocenters. The van der Waals surface area contributed by atoms with Crippen molar-refractivity contribution in [3.8, 4) is 0 Å². The monoisotopic (exact) mass is 304 g/mol. The summed E-state index contributed by atoms with van der Waals surface area (Å²) in [6, 6.07) is 10.1. The van der Waals surface area contributed by atoms with Gasteiger partial charge in [0, 0.05) is 18.9 Å². The van der Waals surface area contributed by atoms with Crippen molar-refractivity contribution in [3.63, 3.8) is 0 Å². The van der Waals surface area contributed by atoms with Gasteiger partial charge in [0.1, 0.15) is 5.78 Å². The normalized spacial score (nSPS) is 21.5. The fourth-order valence-corrected chi connectivity index (χ4v) is 3.00. The summed E-state index contributed by atoms with van der Waals surface area (Å²) in [5.41, 5.74) is 1.18. The lowest BCUT2D eigenvalue weighted by atomic mass is 9.79. The number of carbonyl (C=O) groups excluding carboxylic acids is 1. The molecule has 4 nitrogen and oxygen atoms in total. The molecule has 0 amide bonds. The molecular formula is C18H24O4. The largest absolute Gasteiger partial charge is 0.481 e. The molecule has 0 saturated heterocycles. The quantitative estimate of drug-likeness (QED) is 0.799. The lowest BCUT2D eigenvalue weighted by Gasteiger charge is -2.27. The van der Waals surface area contributed by atoms with E-state index in [0.29, 0.717) is 12.5 Å². The number of aliphatic carboxylic acids is 1. The fraction of sp³-hybridized carbons (Fsp3) is 0.556. The number of Topliss-reactive ketones (excluding diaryl/α,β-unsaturated/α-hetero) is 1. The van der Waals surface area contributed by atoms with Gasteiger partial charge in [-0.1, -0.05) is 30.3 Å². The third kappa shape index (κ3) is 5.60. The standard InChI is InChI=1S/C18H24O4/c19-17(10-11-18(20)21)16-8-6-15(7-9-16)13-22-12-14-4-2-1-3-5-14/h1-5,15-16H,6-13H2,(H,20,21). The predicted octanol–water partition coefficient (Wildman–Crippen LogP) is 3.44. The Balaban J connectivity index is 1.62. The number of hydrogen-bond acceptors (Lipinski definition) is 3. The number of benzene rings is 1. The van der Waals surface area contributed by atoms with Crippen LogP contribution >= 0.6 is 0 Å². The molecule has 0 aromatic heterocycles. The van der Waals surface area contributed by atoms with Crippen molar-refractivity contribution in [2.45, 2.75) is 45.1 Å². The Morgan fingerprint density at radius 3 is 2.36 bits per heavy atom. The van der Waals surface area contributed by atoms with Gasteiger partial charge in [-0.3, -0.25) is 9.59 Å². The zero-order valence-electron chi connectivity index (χ0n) is 12.9. The molecule has 2 rings (SSSR count). The van der Waals surface area contributed by atoms with Crippen molar-refractivity contribution < 1.29 is 19.4 Å². The number of hydrogen-bond donors (Lipinski definition) is 1. The Morgan fingerprint density at radius 2 is 1.73 bits per heavy atom. The van der Waals surface area contributed by atoms with Crippen LogP contribution in [-0.2, 0) is 20.9 Å². The van der Waals surface area contributed by atoms with Gasteiger partial charge in [0.05, 0.1) is 13.0 Å². The van der Waals surface area contributed by atoms with Gasteiger partial charge in [0.25, 0.3) is 0 Å². The van der Waals surface area contributed by atoms with Crippen molar-refractivity contribution in [1.29, 1.82) is 0 Å². The van der Waals surface area contributed by atoms with Crippen LogP contribution in [0.15, 0.2) is 30.3 Å². The van der Waals surface area contributed by atoms with Crippen molar-refractivity contribution in [2.75, 3.05) is 6.61 Å². The predicted molar refractivity (Wildman–Crippen MR) is 83.4 cm³/mol. The average molecular weight is 304 g/mol. The zero-order chi connectivity index (χ0) is 15.8. The van der Waals surface area contributed by atoms with Crippen LogP contribution in [0.4, 0.5) is 0 Å². The highest BCUT2D eigenvalue weighted by Gasteiger charge is 2.26. The molecule has 1 aliphatic rings. The first-order valence-electron chi connectivity index (χ1n) is 8.01. The molecule has 4 heteroatoms. The first-order chi connectivity index (χ1) is 10.6. The molecular weight excluding hydrogens is 280 g/mol. The molecule has 1 aromatic carbocycles. The van der Waals surface area contributed by atoms with E-state index in [1.165, 1.54) is 5.56 Å². The Morgan fingerprint density at radius 1 is 1.05 bits per heavy atom. The fourth-order valence-electron chi connectivity index (χ4n) is 3.00. The third-order valence-corrected chi connectivity index (χ3v) is 4.35. The van der Waals surface area contributed by atoms with E-state index in [1.807, 2.05) is 18.2 Å². The second-order valence-electron chi connectivity index (χ2n) is 6.08. The highest BCUT2D eigenvalue weighted by molar-refractivity contribution is 5.84. The van der Waals surface area contributed by atoms with Crippen LogP contribution in [0.3, 0.4) is 0 Å². The van der Waals surface area contributed by atoms with Gasteiger partial charge in [0.15, 0.2) is 0 Å². The average Bonchev–Trinajstić information content (AvgIpc) is 2.54. The number of ketones is 1. The maximum absolute atomic E-state index is 11.9. The van der Waals surface area contributed by atoms with Crippen LogP contribution in [0.5, 0.6) is 0 Å². The van der Waals surface area contributed by atoms with Gasteiger partial charge in [-0.25, -0.2) is 0 Å². The van der Waals surface area contributed by atoms with Gasteiger partial charge in [0.2, 0.25) is 0 Å². The summed E-state index contributed by atoms with van der Waals surface area (Å²) in [6.45, 7) is 1.38. The minimum Gasteiger partial charge on any atom is -0.481 e. The summed E-state index contributed by atoms with van der Waals surface area (Å²) in [5, 5.41) is 8.63. The number of rotatable bonds is 8. The molecule has 0 spiro atoms. The first kappa shape index (κ1) is 16.7. The Kier molecular flexibility index (Phi) is 6.59. The van der Waals surface area contributed by atoms with Crippen LogP contribution in [0.1, 0.15) is 44.1 Å².